The fourth-order valence-electron chi connectivity index (χ4n) is 5.35. The monoisotopic (exact) mass is 585 g/mol. The Hall–Kier alpha value is -4.30. The van der Waals surface area contributed by atoms with Crippen LogP contribution in [0.5, 0.6) is 11.8 Å². The average molecular weight is 586 g/mol. The van der Waals surface area contributed by atoms with E-state index in [1.165, 1.54) is 21.1 Å². The van der Waals surface area contributed by atoms with Crippen LogP contribution in [0.3, 0.4) is 0 Å². The van der Waals surface area contributed by atoms with Crippen molar-refractivity contribution in [3.8, 4) is 23.0 Å². The lowest BCUT2D eigenvalue weighted by atomic mass is 10.0. The molecule has 1 fully saturated rings. The van der Waals surface area contributed by atoms with Crippen LogP contribution in [0.4, 0.5) is 13.2 Å². The predicted molar refractivity (Wildman–Crippen MR) is 145 cm³/mol. The third-order valence-corrected chi connectivity index (χ3v) is 7.50. The van der Waals surface area contributed by atoms with Crippen LogP contribution in [0, 0.1) is 6.92 Å². The molecule has 5 rings (SSSR count). The molecule has 4 heterocycles. The van der Waals surface area contributed by atoms with E-state index in [0.717, 1.165) is 6.20 Å². The first-order valence-corrected chi connectivity index (χ1v) is 13.2. The molecule has 42 heavy (non-hydrogen) atoms. The summed E-state index contributed by atoms with van der Waals surface area (Å²) in [5.41, 5.74) is -0.0830. The summed E-state index contributed by atoms with van der Waals surface area (Å²) in [5.74, 6) is 0.0699. The summed E-state index contributed by atoms with van der Waals surface area (Å²) in [6, 6.07) is 5.98. The van der Waals surface area contributed by atoms with Crippen molar-refractivity contribution in [3.63, 3.8) is 0 Å². The number of alkyl halides is 3. The van der Waals surface area contributed by atoms with E-state index in [-0.39, 0.29) is 47.7 Å². The minimum atomic E-state index is -4.75. The van der Waals surface area contributed by atoms with Crippen LogP contribution in [-0.2, 0) is 6.18 Å². The summed E-state index contributed by atoms with van der Waals surface area (Å²) >= 11 is 0. The van der Waals surface area contributed by atoms with Gasteiger partial charge in [-0.1, -0.05) is 0 Å². The van der Waals surface area contributed by atoms with Crippen molar-refractivity contribution < 1.29 is 32.5 Å². The van der Waals surface area contributed by atoms with Gasteiger partial charge in [0.25, 0.3) is 5.91 Å². The number of hydrogen-bond acceptors (Lipinski definition) is 9. The van der Waals surface area contributed by atoms with E-state index in [2.05, 4.69) is 20.1 Å². The van der Waals surface area contributed by atoms with Crippen LogP contribution in [0.15, 0.2) is 42.9 Å². The molecule has 222 valence electrons. The zero-order chi connectivity index (χ0) is 30.2. The molecule has 11 nitrogen and oxygen atoms in total. The lowest BCUT2D eigenvalue weighted by molar-refractivity contribution is -0.143. The molecular weight excluding hydrogens is 555 g/mol. The Morgan fingerprint density at radius 2 is 1.79 bits per heavy atom. The molecule has 0 radical (unpaired) electrons. The number of amides is 1. The summed E-state index contributed by atoms with van der Waals surface area (Å²) in [6.45, 7) is 4.07. The lowest BCUT2D eigenvalue weighted by Crippen LogP contribution is -2.55. The second-order valence-corrected chi connectivity index (χ2v) is 10.00. The summed E-state index contributed by atoms with van der Waals surface area (Å²) in [5, 5.41) is 14.1. The Balaban J connectivity index is 1.46. The molecule has 0 bridgehead atoms. The second-order valence-electron chi connectivity index (χ2n) is 10.00. The summed E-state index contributed by atoms with van der Waals surface area (Å²) in [7, 11) is 2.95. The highest BCUT2D eigenvalue weighted by atomic mass is 19.4. The van der Waals surface area contributed by atoms with Crippen LogP contribution >= 0.6 is 0 Å². The van der Waals surface area contributed by atoms with Crippen molar-refractivity contribution in [2.45, 2.75) is 32.1 Å². The molecule has 0 saturated carbocycles. The highest BCUT2D eigenvalue weighted by Crippen LogP contribution is 2.37. The zero-order valence-electron chi connectivity index (χ0n) is 23.5. The summed E-state index contributed by atoms with van der Waals surface area (Å²) in [4.78, 5) is 30.1. The van der Waals surface area contributed by atoms with E-state index in [0.29, 0.717) is 34.5 Å². The van der Waals surface area contributed by atoms with E-state index in [4.69, 9.17) is 9.47 Å². The minimum Gasteiger partial charge on any atom is -0.497 e. The van der Waals surface area contributed by atoms with Gasteiger partial charge >= 0.3 is 12.2 Å². The number of methoxy groups -OCH3 is 2. The Bertz CT molecular complexity index is 1580. The largest absolute Gasteiger partial charge is 0.497 e. The zero-order valence-corrected chi connectivity index (χ0v) is 23.5. The van der Waals surface area contributed by atoms with Crippen molar-refractivity contribution in [1.82, 2.24) is 34.4 Å². The van der Waals surface area contributed by atoms with Gasteiger partial charge in [0.15, 0.2) is 11.3 Å². The predicted octanol–water partition coefficient (Wildman–Crippen LogP) is 3.41. The Labute approximate surface area is 239 Å². The average Bonchev–Trinajstić information content (AvgIpc) is 3.40. The normalized spacial score (nSPS) is 17.0. The van der Waals surface area contributed by atoms with Gasteiger partial charge in [-0.15, -0.1) is 0 Å². The second kappa shape index (κ2) is 11.5. The molecule has 0 aliphatic carbocycles. The van der Waals surface area contributed by atoms with E-state index in [1.54, 1.807) is 41.6 Å². The molecule has 1 aliphatic heterocycles. The number of carbonyl (C=O) groups excluding carboxylic acids is 1. The molecule has 4 aromatic rings. The molecule has 2 atom stereocenters. The summed E-state index contributed by atoms with van der Waals surface area (Å²) in [6.07, 6.45) is -0.440. The standard InChI is InChI=1S/C28H30F3N7O4/c1-16-14-36(22(15-39)19-11-32-27(42-4)33-12-19)9-10-37(16)26(40)21-13-34-38-24(28(29,30)31)17(2)23(35-25(21)38)18-5-7-20(41-3)8-6-18/h5-8,11-13,16,22,39H,9-10,14-15H2,1-4H3/t16-,22+/m1/s1. The number of fused-ring (bicyclic) bond motifs is 1. The first-order chi connectivity index (χ1) is 20.1. The maximum absolute atomic E-state index is 14.3. The highest BCUT2D eigenvalue weighted by molar-refractivity contribution is 6.00. The fourth-order valence-corrected chi connectivity index (χ4v) is 5.35. The maximum Gasteiger partial charge on any atom is 0.433 e. The molecule has 1 N–H and O–H groups in total. The number of aliphatic hydroxyl groups is 1. The maximum atomic E-state index is 14.3. The van der Waals surface area contributed by atoms with E-state index >= 15 is 0 Å². The van der Waals surface area contributed by atoms with Crippen molar-refractivity contribution in [2.75, 3.05) is 40.5 Å². The lowest BCUT2D eigenvalue weighted by Gasteiger charge is -2.42. The van der Waals surface area contributed by atoms with Gasteiger partial charge in [0.05, 0.1) is 38.8 Å². The van der Waals surface area contributed by atoms with Gasteiger partial charge in [0.2, 0.25) is 0 Å². The number of hydrogen-bond donors (Lipinski definition) is 1. The van der Waals surface area contributed by atoms with E-state index in [9.17, 15) is 23.1 Å². The molecule has 1 aliphatic rings. The Morgan fingerprint density at radius 3 is 2.36 bits per heavy atom. The van der Waals surface area contributed by atoms with Gasteiger partial charge in [-0.2, -0.15) is 18.3 Å². The number of aromatic nitrogens is 5. The van der Waals surface area contributed by atoms with E-state index < -0.39 is 23.8 Å². The molecular formula is C28H30F3N7O4. The Morgan fingerprint density at radius 1 is 1.10 bits per heavy atom. The number of carbonyl (C=O) groups is 1. The van der Waals surface area contributed by atoms with E-state index in [1.807, 2.05) is 11.8 Å². The minimum absolute atomic E-state index is 0.0298. The van der Waals surface area contributed by atoms with Crippen LogP contribution in [0.1, 0.15) is 40.1 Å². The summed E-state index contributed by atoms with van der Waals surface area (Å²) < 4.78 is 53.8. The first kappa shape index (κ1) is 29.2. The number of piperazine rings is 1. The smallest absolute Gasteiger partial charge is 0.433 e. The van der Waals surface area contributed by atoms with Gasteiger partial charge in [-0.25, -0.2) is 19.5 Å². The van der Waals surface area contributed by atoms with Gasteiger partial charge in [-0.3, -0.25) is 9.69 Å². The van der Waals surface area contributed by atoms with Gasteiger partial charge in [0.1, 0.15) is 11.3 Å². The van der Waals surface area contributed by atoms with Crippen LogP contribution in [-0.4, -0.2) is 91.9 Å². The van der Waals surface area contributed by atoms with Crippen molar-refractivity contribution in [2.24, 2.45) is 0 Å². The molecule has 0 unspecified atom stereocenters. The fraction of sp³-hybridized carbons (Fsp3) is 0.393. The third-order valence-electron chi connectivity index (χ3n) is 7.50. The molecule has 1 amide bonds. The molecule has 3 aromatic heterocycles. The number of aliphatic hydroxyl groups excluding tert-OH is 1. The van der Waals surface area contributed by atoms with Crippen LogP contribution < -0.4 is 9.47 Å². The third kappa shape index (κ3) is 5.34. The molecule has 0 spiro atoms. The topological polar surface area (TPSA) is 118 Å². The van der Waals surface area contributed by atoms with Gasteiger partial charge < -0.3 is 19.5 Å². The van der Waals surface area contributed by atoms with Crippen molar-refractivity contribution in [3.05, 3.63) is 65.2 Å². The highest BCUT2D eigenvalue weighted by Gasteiger charge is 2.40. The van der Waals surface area contributed by atoms with Crippen molar-refractivity contribution >= 4 is 11.6 Å². The SMILES string of the molecule is COc1ccc(-c2nc3c(C(=O)N4CCN([C@@H](CO)c5cnc(OC)nc5)C[C@H]4C)cnn3c(C(F)(F)F)c2C)cc1. The first-order valence-electron chi connectivity index (χ1n) is 13.2. The van der Waals surface area contributed by atoms with Crippen LogP contribution in [0.25, 0.3) is 16.9 Å². The molecule has 1 saturated heterocycles. The Kier molecular flexibility index (Phi) is 8.01. The molecule has 14 heteroatoms. The number of halogens is 3. The van der Waals surface area contributed by atoms with Gasteiger partial charge in [0, 0.05) is 54.8 Å². The number of rotatable bonds is 7. The quantitative estimate of drug-likeness (QED) is 0.348. The van der Waals surface area contributed by atoms with Crippen LogP contribution in [0.2, 0.25) is 0 Å². The molecule has 1 aromatic carbocycles. The number of benzene rings is 1. The van der Waals surface area contributed by atoms with Crippen molar-refractivity contribution in [1.29, 1.82) is 0 Å². The number of nitrogens with zero attached hydrogens (tertiary/aromatic N) is 7. The number of ether oxygens (including phenoxy) is 2. The van der Waals surface area contributed by atoms with Gasteiger partial charge in [-0.05, 0) is 38.1 Å².